The fourth-order valence-electron chi connectivity index (χ4n) is 7.38. The van der Waals surface area contributed by atoms with Crippen LogP contribution in [-0.4, -0.2) is 50.5 Å². The van der Waals surface area contributed by atoms with Gasteiger partial charge < -0.3 is 20.2 Å². The fourth-order valence-corrected chi connectivity index (χ4v) is 7.38. The molecule has 4 aliphatic rings. The number of aliphatic hydroxyl groups excluding tert-OH is 1. The Morgan fingerprint density at radius 3 is 2.65 bits per heavy atom. The van der Waals surface area contributed by atoms with Crippen LogP contribution in [0, 0.1) is 44.6 Å². The molecule has 0 amide bonds. The van der Waals surface area contributed by atoms with E-state index >= 15 is 0 Å². The molecule has 170 valence electrons. The number of carboxylic acids is 1. The van der Waals surface area contributed by atoms with E-state index < -0.39 is 51.9 Å². The van der Waals surface area contributed by atoms with E-state index in [4.69, 9.17) is 4.84 Å². The number of aliphatic carboxylic acids is 1. The smallest absolute Gasteiger partial charge is 0.314 e. The van der Waals surface area contributed by atoms with Crippen LogP contribution in [-0.2, 0) is 14.4 Å². The van der Waals surface area contributed by atoms with E-state index in [2.05, 4.69) is 0 Å². The third kappa shape index (κ3) is 2.96. The molecule has 0 aromatic heterocycles. The van der Waals surface area contributed by atoms with Gasteiger partial charge in [-0.2, -0.15) is 0 Å². The molecule has 0 bridgehead atoms. The van der Waals surface area contributed by atoms with Crippen molar-refractivity contribution in [1.82, 2.24) is 0 Å². The first-order chi connectivity index (χ1) is 14.5. The summed E-state index contributed by atoms with van der Waals surface area (Å²) >= 11 is 0. The molecule has 3 N–H and O–H groups in total. The van der Waals surface area contributed by atoms with Gasteiger partial charge in [0.2, 0.25) is 0 Å². The maximum Gasteiger partial charge on any atom is 0.314 e. The Hall–Kier alpha value is -2.26. The second-order valence-electron chi connectivity index (χ2n) is 10.0. The average Bonchev–Trinajstić information content (AvgIpc) is 2.97. The lowest BCUT2D eigenvalue weighted by molar-refractivity contribution is -0.773. The van der Waals surface area contributed by atoms with E-state index in [1.54, 1.807) is 19.1 Å². The molecule has 9 heteroatoms. The maximum absolute atomic E-state index is 12.5. The van der Waals surface area contributed by atoms with Crippen molar-refractivity contribution in [2.24, 2.45) is 34.5 Å². The van der Waals surface area contributed by atoms with Gasteiger partial charge in [0.1, 0.15) is 18.3 Å². The zero-order valence-electron chi connectivity index (χ0n) is 17.7. The summed E-state index contributed by atoms with van der Waals surface area (Å²) in [4.78, 5) is 40.6. The normalized spacial score (nSPS) is 45.7. The van der Waals surface area contributed by atoms with Crippen molar-refractivity contribution in [3.63, 3.8) is 0 Å². The SMILES string of the molecule is C[C@]12C=CC(C(=O)O)C=C1CC[C@@H]1[C@@H]2[C@@H](O[N+](=O)[O-])C[C@@]2(C)[C@H]1CC[C@]2(O)C(=O)CO. The van der Waals surface area contributed by atoms with Gasteiger partial charge in [0.25, 0.3) is 5.09 Å². The zero-order valence-corrected chi connectivity index (χ0v) is 17.7. The Labute approximate surface area is 179 Å². The third-order valence-electron chi connectivity index (χ3n) is 8.86. The lowest BCUT2D eigenvalue weighted by Crippen LogP contribution is -2.62. The summed E-state index contributed by atoms with van der Waals surface area (Å²) in [7, 11) is 0. The number of hydrogen-bond donors (Lipinski definition) is 3. The molecular weight excluding hydrogens is 406 g/mol. The summed E-state index contributed by atoms with van der Waals surface area (Å²) in [6.07, 6.45) is 6.60. The number of carbonyl (C=O) groups is 2. The summed E-state index contributed by atoms with van der Waals surface area (Å²) < 4.78 is 0. The monoisotopic (exact) mass is 435 g/mol. The highest BCUT2D eigenvalue weighted by molar-refractivity contribution is 5.89. The summed E-state index contributed by atoms with van der Waals surface area (Å²) in [5.41, 5.74) is -2.35. The highest BCUT2D eigenvalue weighted by atomic mass is 17.0. The highest BCUT2D eigenvalue weighted by Crippen LogP contribution is 2.67. The number of allylic oxidation sites excluding steroid dienone is 2. The van der Waals surface area contributed by atoms with Crippen molar-refractivity contribution in [3.05, 3.63) is 33.9 Å². The van der Waals surface area contributed by atoms with Gasteiger partial charge >= 0.3 is 5.97 Å². The maximum atomic E-state index is 12.5. The van der Waals surface area contributed by atoms with E-state index in [1.807, 2.05) is 13.0 Å². The fraction of sp³-hybridized carbons (Fsp3) is 0.727. The van der Waals surface area contributed by atoms with E-state index in [-0.39, 0.29) is 30.6 Å². The predicted molar refractivity (Wildman–Crippen MR) is 107 cm³/mol. The number of rotatable bonds is 5. The first kappa shape index (κ1) is 22.0. The number of carbonyl (C=O) groups excluding carboxylic acids is 1. The second kappa shape index (κ2) is 7.13. The number of carboxylic acid groups (broad SMARTS) is 1. The van der Waals surface area contributed by atoms with Crippen LogP contribution in [0.1, 0.15) is 46.0 Å². The summed E-state index contributed by atoms with van der Waals surface area (Å²) in [5.74, 6) is -2.70. The van der Waals surface area contributed by atoms with Gasteiger partial charge in [0.05, 0.1) is 5.92 Å². The molecule has 4 aliphatic carbocycles. The molecule has 0 radical (unpaired) electrons. The van der Waals surface area contributed by atoms with Crippen LogP contribution in [0.2, 0.25) is 0 Å². The first-order valence-corrected chi connectivity index (χ1v) is 10.8. The van der Waals surface area contributed by atoms with Crippen LogP contribution < -0.4 is 0 Å². The van der Waals surface area contributed by atoms with Crippen LogP contribution in [0.15, 0.2) is 23.8 Å². The number of Topliss-reactive ketones (excluding diaryl/α,β-unsaturated/α-hetero) is 1. The van der Waals surface area contributed by atoms with Crippen LogP contribution in [0.5, 0.6) is 0 Å². The Morgan fingerprint density at radius 1 is 1.32 bits per heavy atom. The molecule has 3 saturated carbocycles. The van der Waals surface area contributed by atoms with Gasteiger partial charge in [0, 0.05) is 16.7 Å². The molecule has 31 heavy (non-hydrogen) atoms. The zero-order chi connectivity index (χ0) is 22.8. The molecule has 0 aromatic rings. The Balaban J connectivity index is 1.78. The minimum absolute atomic E-state index is 0.0441. The van der Waals surface area contributed by atoms with Crippen molar-refractivity contribution in [2.45, 2.75) is 57.7 Å². The van der Waals surface area contributed by atoms with Crippen LogP contribution in [0.4, 0.5) is 0 Å². The van der Waals surface area contributed by atoms with Crippen molar-refractivity contribution < 1.29 is 34.8 Å². The molecule has 3 fully saturated rings. The number of fused-ring (bicyclic) bond motifs is 5. The summed E-state index contributed by atoms with van der Waals surface area (Å²) in [5, 5.41) is 40.8. The molecule has 8 atom stereocenters. The molecule has 0 aliphatic heterocycles. The van der Waals surface area contributed by atoms with Crippen molar-refractivity contribution in [1.29, 1.82) is 0 Å². The number of aliphatic hydroxyl groups is 2. The van der Waals surface area contributed by atoms with E-state index in [1.165, 1.54) is 0 Å². The number of nitrogens with zero attached hydrogens (tertiary/aromatic N) is 1. The van der Waals surface area contributed by atoms with Crippen molar-refractivity contribution in [2.75, 3.05) is 6.61 Å². The van der Waals surface area contributed by atoms with Gasteiger partial charge in [-0.1, -0.05) is 37.6 Å². The topological polar surface area (TPSA) is 147 Å². The molecule has 9 nitrogen and oxygen atoms in total. The van der Waals surface area contributed by atoms with Crippen LogP contribution in [0.25, 0.3) is 0 Å². The van der Waals surface area contributed by atoms with E-state index in [9.17, 15) is 35.0 Å². The minimum Gasteiger partial charge on any atom is -0.481 e. The van der Waals surface area contributed by atoms with Crippen molar-refractivity contribution in [3.8, 4) is 0 Å². The van der Waals surface area contributed by atoms with Gasteiger partial charge in [-0.25, -0.2) is 0 Å². The summed E-state index contributed by atoms with van der Waals surface area (Å²) in [6.45, 7) is 2.98. The Bertz CT molecular complexity index is 883. The summed E-state index contributed by atoms with van der Waals surface area (Å²) in [6, 6.07) is 0. The number of hydrogen-bond acceptors (Lipinski definition) is 7. The standard InChI is InChI=1S/C22H29NO8/c1-20-7-5-12(19(26)27)9-13(20)3-4-14-15-6-8-22(28,17(25)11-24)21(15,2)10-16(18(14)20)31-23(29)30/h5,7,9,12,14-16,18,24,28H,3-4,6,8,10-11H2,1-2H3,(H,26,27)/t12?,14-,15-,16-,18+,20-,21-,22-/m0/s1. The Morgan fingerprint density at radius 2 is 2.03 bits per heavy atom. The minimum atomic E-state index is -1.75. The predicted octanol–water partition coefficient (Wildman–Crippen LogP) is 1.91. The lowest BCUT2D eigenvalue weighted by atomic mass is 9.46. The van der Waals surface area contributed by atoms with Gasteiger partial charge in [-0.3, -0.25) is 9.59 Å². The molecular formula is C22H29NO8. The quantitative estimate of drug-likeness (QED) is 0.337. The average molecular weight is 435 g/mol. The largest absolute Gasteiger partial charge is 0.481 e. The molecule has 0 saturated heterocycles. The Kier molecular flexibility index (Phi) is 5.05. The highest BCUT2D eigenvalue weighted by Gasteiger charge is 2.68. The van der Waals surface area contributed by atoms with Gasteiger partial charge in [0.15, 0.2) is 5.78 Å². The molecule has 0 heterocycles. The van der Waals surface area contributed by atoms with Crippen LogP contribution >= 0.6 is 0 Å². The lowest BCUT2D eigenvalue weighted by Gasteiger charge is -2.60. The molecule has 0 spiro atoms. The molecule has 0 aromatic carbocycles. The van der Waals surface area contributed by atoms with E-state index in [0.717, 1.165) is 5.57 Å². The second-order valence-corrected chi connectivity index (χ2v) is 10.0. The van der Waals surface area contributed by atoms with E-state index in [0.29, 0.717) is 19.3 Å². The first-order valence-electron chi connectivity index (χ1n) is 10.8. The van der Waals surface area contributed by atoms with Crippen LogP contribution in [0.3, 0.4) is 0 Å². The molecule has 4 rings (SSSR count). The number of ketones is 1. The van der Waals surface area contributed by atoms with Crippen molar-refractivity contribution >= 4 is 11.8 Å². The molecule has 1 unspecified atom stereocenters. The third-order valence-corrected chi connectivity index (χ3v) is 8.86. The van der Waals surface area contributed by atoms with Gasteiger partial charge in [-0.05, 0) is 43.9 Å². The van der Waals surface area contributed by atoms with Gasteiger partial charge in [-0.15, -0.1) is 10.1 Å².